The maximum atomic E-state index is 10.4. The Labute approximate surface area is 116 Å². The highest BCUT2D eigenvalue weighted by molar-refractivity contribution is 7.12. The van der Waals surface area contributed by atoms with E-state index >= 15 is 0 Å². The van der Waals surface area contributed by atoms with Crippen LogP contribution in [-0.4, -0.2) is 5.11 Å². The van der Waals surface area contributed by atoms with Gasteiger partial charge in [0.2, 0.25) is 0 Å². The van der Waals surface area contributed by atoms with Crippen molar-refractivity contribution in [2.24, 2.45) is 0 Å². The topological polar surface area (TPSA) is 20.2 Å². The lowest BCUT2D eigenvalue weighted by atomic mass is 9.98. The molecular weight excluding hydrogens is 264 g/mol. The molecule has 0 spiro atoms. The summed E-state index contributed by atoms with van der Waals surface area (Å²) in [6.45, 7) is 0. The SMILES string of the molecule is OC(c1cccc(Cl)c1)c1cc2c(s1)CCCC2. The quantitative estimate of drug-likeness (QED) is 0.865. The van der Waals surface area contributed by atoms with E-state index in [9.17, 15) is 5.11 Å². The minimum absolute atomic E-state index is 0.542. The summed E-state index contributed by atoms with van der Waals surface area (Å²) in [5.74, 6) is 0. The average molecular weight is 279 g/mol. The molecule has 0 aliphatic heterocycles. The number of hydrogen-bond donors (Lipinski definition) is 1. The fourth-order valence-corrected chi connectivity index (χ4v) is 3.96. The van der Waals surface area contributed by atoms with Crippen molar-refractivity contribution in [3.05, 3.63) is 56.2 Å². The number of aryl methyl sites for hydroxylation is 2. The van der Waals surface area contributed by atoms with E-state index in [4.69, 9.17) is 11.6 Å². The molecule has 0 bridgehead atoms. The van der Waals surface area contributed by atoms with E-state index < -0.39 is 6.10 Å². The third-order valence-electron chi connectivity index (χ3n) is 3.45. The first-order valence-electron chi connectivity index (χ1n) is 6.29. The van der Waals surface area contributed by atoms with Gasteiger partial charge in [0.05, 0.1) is 0 Å². The molecule has 0 radical (unpaired) electrons. The van der Waals surface area contributed by atoms with Gasteiger partial charge in [-0.3, -0.25) is 0 Å². The number of halogens is 1. The molecule has 3 heteroatoms. The summed E-state index contributed by atoms with van der Waals surface area (Å²) in [6, 6.07) is 9.65. The first-order valence-corrected chi connectivity index (χ1v) is 7.48. The number of thiophene rings is 1. The third-order valence-corrected chi connectivity index (χ3v) is 4.97. The second-order valence-corrected chi connectivity index (χ2v) is 6.37. The van der Waals surface area contributed by atoms with Crippen LogP contribution in [0.15, 0.2) is 30.3 Å². The zero-order valence-corrected chi connectivity index (χ0v) is 11.6. The molecule has 2 aromatic rings. The van der Waals surface area contributed by atoms with E-state index in [0.717, 1.165) is 16.9 Å². The molecule has 1 aromatic carbocycles. The number of hydrogen-bond acceptors (Lipinski definition) is 2. The molecule has 0 fully saturated rings. The van der Waals surface area contributed by atoms with Crippen molar-refractivity contribution < 1.29 is 5.11 Å². The van der Waals surface area contributed by atoms with Crippen molar-refractivity contribution in [3.63, 3.8) is 0 Å². The molecule has 0 saturated carbocycles. The van der Waals surface area contributed by atoms with Crippen molar-refractivity contribution in [2.75, 3.05) is 0 Å². The van der Waals surface area contributed by atoms with Gasteiger partial charge in [-0.2, -0.15) is 0 Å². The molecular formula is C15H15ClOS. The van der Waals surface area contributed by atoms with Crippen LogP contribution in [0.25, 0.3) is 0 Å². The molecule has 0 saturated heterocycles. The Kier molecular flexibility index (Phi) is 3.42. The molecule has 1 N–H and O–H groups in total. The fourth-order valence-electron chi connectivity index (χ4n) is 2.49. The van der Waals surface area contributed by atoms with Crippen LogP contribution in [0.1, 0.15) is 39.8 Å². The standard InChI is InChI=1S/C15H15ClOS/c16-12-6-3-5-11(8-12)15(17)14-9-10-4-1-2-7-13(10)18-14/h3,5-6,8-9,15,17H,1-2,4,7H2. The third kappa shape index (κ3) is 2.33. The summed E-state index contributed by atoms with van der Waals surface area (Å²) in [5.41, 5.74) is 2.31. The van der Waals surface area contributed by atoms with Gasteiger partial charge in [0.15, 0.2) is 0 Å². The minimum Gasteiger partial charge on any atom is -0.383 e. The largest absolute Gasteiger partial charge is 0.383 e. The Bertz CT molecular complexity index is 538. The second kappa shape index (κ2) is 5.04. The molecule has 18 heavy (non-hydrogen) atoms. The van der Waals surface area contributed by atoms with Crippen molar-refractivity contribution >= 4 is 22.9 Å². The average Bonchev–Trinajstić information content (AvgIpc) is 2.81. The van der Waals surface area contributed by atoms with E-state index in [1.54, 1.807) is 11.3 Å². The lowest BCUT2D eigenvalue weighted by molar-refractivity contribution is 0.224. The molecule has 3 rings (SSSR count). The summed E-state index contributed by atoms with van der Waals surface area (Å²) in [4.78, 5) is 2.50. The maximum absolute atomic E-state index is 10.4. The number of fused-ring (bicyclic) bond motifs is 1. The maximum Gasteiger partial charge on any atom is 0.113 e. The van der Waals surface area contributed by atoms with Gasteiger partial charge < -0.3 is 5.11 Å². The molecule has 1 aliphatic rings. The predicted molar refractivity (Wildman–Crippen MR) is 76.5 cm³/mol. The zero-order valence-electron chi connectivity index (χ0n) is 10.0. The Morgan fingerprint density at radius 3 is 2.78 bits per heavy atom. The number of benzene rings is 1. The highest BCUT2D eigenvalue weighted by atomic mass is 35.5. The van der Waals surface area contributed by atoms with Crippen LogP contribution in [-0.2, 0) is 12.8 Å². The molecule has 1 atom stereocenters. The van der Waals surface area contributed by atoms with Crippen LogP contribution >= 0.6 is 22.9 Å². The number of aliphatic hydroxyl groups is 1. The van der Waals surface area contributed by atoms with Gasteiger partial charge in [-0.25, -0.2) is 0 Å². The van der Waals surface area contributed by atoms with Crippen LogP contribution in [0.3, 0.4) is 0 Å². The van der Waals surface area contributed by atoms with Crippen LogP contribution in [0, 0.1) is 0 Å². The van der Waals surface area contributed by atoms with Gasteiger partial charge >= 0.3 is 0 Å². The smallest absolute Gasteiger partial charge is 0.113 e. The lowest BCUT2D eigenvalue weighted by Gasteiger charge is -2.08. The van der Waals surface area contributed by atoms with E-state index in [2.05, 4.69) is 6.07 Å². The van der Waals surface area contributed by atoms with Crippen LogP contribution in [0.5, 0.6) is 0 Å². The van der Waals surface area contributed by atoms with Gasteiger partial charge in [-0.05, 0) is 55.0 Å². The molecule has 1 aromatic heterocycles. The summed E-state index contributed by atoms with van der Waals surface area (Å²) >= 11 is 7.72. The molecule has 1 nitrogen and oxygen atoms in total. The first-order chi connectivity index (χ1) is 8.74. The van der Waals surface area contributed by atoms with Crippen molar-refractivity contribution in [2.45, 2.75) is 31.8 Å². The Hall–Kier alpha value is -0.830. The Morgan fingerprint density at radius 1 is 1.17 bits per heavy atom. The highest BCUT2D eigenvalue weighted by Gasteiger charge is 2.18. The summed E-state index contributed by atoms with van der Waals surface area (Å²) in [5, 5.41) is 11.1. The van der Waals surface area contributed by atoms with Crippen LogP contribution < -0.4 is 0 Å². The molecule has 1 heterocycles. The zero-order chi connectivity index (χ0) is 12.5. The van der Waals surface area contributed by atoms with Crippen molar-refractivity contribution in [1.82, 2.24) is 0 Å². The molecule has 0 amide bonds. The van der Waals surface area contributed by atoms with Crippen molar-refractivity contribution in [3.8, 4) is 0 Å². The van der Waals surface area contributed by atoms with E-state index in [1.165, 1.54) is 29.7 Å². The van der Waals surface area contributed by atoms with Crippen LogP contribution in [0.4, 0.5) is 0 Å². The molecule has 1 unspecified atom stereocenters. The monoisotopic (exact) mass is 278 g/mol. The van der Waals surface area contributed by atoms with E-state index in [0.29, 0.717) is 5.02 Å². The normalized spacial score (nSPS) is 16.3. The number of aliphatic hydroxyl groups excluding tert-OH is 1. The van der Waals surface area contributed by atoms with E-state index in [1.807, 2.05) is 24.3 Å². The highest BCUT2D eigenvalue weighted by Crippen LogP contribution is 2.35. The second-order valence-electron chi connectivity index (χ2n) is 4.76. The molecule has 94 valence electrons. The predicted octanol–water partition coefficient (Wildman–Crippen LogP) is 4.36. The minimum atomic E-state index is -0.542. The summed E-state index contributed by atoms with van der Waals surface area (Å²) in [6.07, 6.45) is 4.34. The number of rotatable bonds is 2. The van der Waals surface area contributed by atoms with Gasteiger partial charge in [0, 0.05) is 14.8 Å². The fraction of sp³-hybridized carbons (Fsp3) is 0.333. The van der Waals surface area contributed by atoms with Crippen molar-refractivity contribution in [1.29, 1.82) is 0 Å². The Morgan fingerprint density at radius 2 is 2.00 bits per heavy atom. The lowest BCUT2D eigenvalue weighted by Crippen LogP contribution is -1.97. The van der Waals surface area contributed by atoms with E-state index in [-0.39, 0.29) is 0 Å². The van der Waals surface area contributed by atoms with Crippen LogP contribution in [0.2, 0.25) is 5.02 Å². The van der Waals surface area contributed by atoms with Gasteiger partial charge in [-0.15, -0.1) is 11.3 Å². The summed E-state index contributed by atoms with van der Waals surface area (Å²) < 4.78 is 0. The summed E-state index contributed by atoms with van der Waals surface area (Å²) in [7, 11) is 0. The van der Waals surface area contributed by atoms with Gasteiger partial charge in [0.25, 0.3) is 0 Å². The van der Waals surface area contributed by atoms with Gasteiger partial charge in [-0.1, -0.05) is 23.7 Å². The Balaban J connectivity index is 1.92. The van der Waals surface area contributed by atoms with Gasteiger partial charge in [0.1, 0.15) is 6.10 Å². The molecule has 1 aliphatic carbocycles. The first kappa shape index (κ1) is 12.2.